The number of hydrogen-bond donors (Lipinski definition) is 0. The maximum absolute atomic E-state index is 12.3. The molecule has 0 aromatic carbocycles. The number of aryl methyl sites for hydroxylation is 1. The van der Waals surface area contributed by atoms with E-state index >= 15 is 0 Å². The van der Waals surface area contributed by atoms with Gasteiger partial charge in [-0.15, -0.1) is 0 Å². The second-order valence-electron chi connectivity index (χ2n) is 5.03. The fourth-order valence-electron chi connectivity index (χ4n) is 1.87. The summed E-state index contributed by atoms with van der Waals surface area (Å²) in [5.41, 5.74) is -0.754. The van der Waals surface area contributed by atoms with E-state index in [1.165, 1.54) is 9.13 Å². The van der Waals surface area contributed by atoms with Gasteiger partial charge in [0.15, 0.2) is 0 Å². The van der Waals surface area contributed by atoms with E-state index in [2.05, 4.69) is 4.98 Å². The van der Waals surface area contributed by atoms with Crippen LogP contribution in [0.3, 0.4) is 0 Å². The van der Waals surface area contributed by atoms with Crippen molar-refractivity contribution in [3.8, 4) is 0 Å². The molecule has 0 amide bonds. The minimum absolute atomic E-state index is 0.288. The standard InChI is InChI=1S/C12H15N3O2/c1-12(2,3)15-10(16)8-6-5-7-13-9(8)14(4)11(15)17/h5-7H,1-4H3. The van der Waals surface area contributed by atoms with Gasteiger partial charge in [0.05, 0.1) is 5.39 Å². The molecule has 0 bridgehead atoms. The minimum Gasteiger partial charge on any atom is -0.280 e. The Balaban J connectivity index is 3.09. The fraction of sp³-hybridized carbons (Fsp3) is 0.417. The monoisotopic (exact) mass is 233 g/mol. The third-order valence-electron chi connectivity index (χ3n) is 2.69. The molecule has 90 valence electrons. The number of hydrogen-bond acceptors (Lipinski definition) is 3. The SMILES string of the molecule is Cn1c(=O)n(C(C)(C)C)c(=O)c2cccnc21. The van der Waals surface area contributed by atoms with Crippen LogP contribution in [0.2, 0.25) is 0 Å². The number of aromatic nitrogens is 3. The summed E-state index contributed by atoms with van der Waals surface area (Å²) >= 11 is 0. The molecule has 0 aliphatic heterocycles. The molecule has 0 spiro atoms. The molecule has 0 aliphatic rings. The highest BCUT2D eigenvalue weighted by atomic mass is 16.2. The van der Waals surface area contributed by atoms with Crippen molar-refractivity contribution in [1.82, 2.24) is 14.1 Å². The van der Waals surface area contributed by atoms with Crippen molar-refractivity contribution in [2.45, 2.75) is 26.3 Å². The first-order chi connectivity index (χ1) is 7.84. The molecule has 0 radical (unpaired) electrons. The Morgan fingerprint density at radius 1 is 1.24 bits per heavy atom. The Bertz CT molecular complexity index is 689. The molecule has 2 aromatic rings. The quantitative estimate of drug-likeness (QED) is 0.678. The van der Waals surface area contributed by atoms with Crippen molar-refractivity contribution < 1.29 is 0 Å². The molecule has 0 aliphatic carbocycles. The van der Waals surface area contributed by atoms with Crippen molar-refractivity contribution in [2.24, 2.45) is 7.05 Å². The molecular weight excluding hydrogens is 218 g/mol. The van der Waals surface area contributed by atoms with Crippen LogP contribution in [0.4, 0.5) is 0 Å². The Morgan fingerprint density at radius 3 is 2.47 bits per heavy atom. The first-order valence-corrected chi connectivity index (χ1v) is 5.41. The van der Waals surface area contributed by atoms with Crippen molar-refractivity contribution >= 4 is 11.0 Å². The molecule has 5 heteroatoms. The summed E-state index contributed by atoms with van der Waals surface area (Å²) in [4.78, 5) is 28.5. The van der Waals surface area contributed by atoms with E-state index < -0.39 is 5.54 Å². The second kappa shape index (κ2) is 3.55. The Morgan fingerprint density at radius 2 is 1.88 bits per heavy atom. The van der Waals surface area contributed by atoms with Gasteiger partial charge in [0, 0.05) is 18.8 Å². The van der Waals surface area contributed by atoms with Gasteiger partial charge in [-0.1, -0.05) is 0 Å². The van der Waals surface area contributed by atoms with E-state index in [9.17, 15) is 9.59 Å². The lowest BCUT2D eigenvalue weighted by molar-refractivity contribution is 0.362. The van der Waals surface area contributed by atoms with Crippen LogP contribution in [0.5, 0.6) is 0 Å². The van der Waals surface area contributed by atoms with Gasteiger partial charge < -0.3 is 0 Å². The average molecular weight is 233 g/mol. The first-order valence-electron chi connectivity index (χ1n) is 5.41. The number of rotatable bonds is 0. The second-order valence-corrected chi connectivity index (χ2v) is 5.03. The summed E-state index contributed by atoms with van der Waals surface area (Å²) in [5, 5.41) is 0.463. The predicted molar refractivity (Wildman–Crippen MR) is 66.2 cm³/mol. The molecule has 2 aromatic heterocycles. The van der Waals surface area contributed by atoms with Crippen LogP contribution in [0.15, 0.2) is 27.9 Å². The summed E-state index contributed by atoms with van der Waals surface area (Å²) < 4.78 is 2.67. The summed E-state index contributed by atoms with van der Waals surface area (Å²) in [5.74, 6) is 0. The van der Waals surface area contributed by atoms with Gasteiger partial charge >= 0.3 is 5.69 Å². The zero-order valence-corrected chi connectivity index (χ0v) is 10.4. The molecule has 17 heavy (non-hydrogen) atoms. The highest BCUT2D eigenvalue weighted by molar-refractivity contribution is 5.73. The largest absolute Gasteiger partial charge is 0.332 e. The number of fused-ring (bicyclic) bond motifs is 1. The highest BCUT2D eigenvalue weighted by Gasteiger charge is 2.21. The lowest BCUT2D eigenvalue weighted by atomic mass is 10.1. The molecule has 0 fully saturated rings. The highest BCUT2D eigenvalue weighted by Crippen LogP contribution is 2.10. The third kappa shape index (κ3) is 1.67. The molecule has 5 nitrogen and oxygen atoms in total. The van der Waals surface area contributed by atoms with Crippen LogP contribution in [-0.4, -0.2) is 14.1 Å². The number of nitrogens with zero attached hydrogens (tertiary/aromatic N) is 3. The minimum atomic E-state index is -0.546. The Labute approximate surface area is 98.3 Å². The van der Waals surface area contributed by atoms with E-state index in [4.69, 9.17) is 0 Å². The summed E-state index contributed by atoms with van der Waals surface area (Å²) in [7, 11) is 1.62. The van der Waals surface area contributed by atoms with E-state index in [-0.39, 0.29) is 11.2 Å². The van der Waals surface area contributed by atoms with Crippen molar-refractivity contribution in [1.29, 1.82) is 0 Å². The maximum Gasteiger partial charge on any atom is 0.332 e. The smallest absolute Gasteiger partial charge is 0.280 e. The van der Waals surface area contributed by atoms with Gasteiger partial charge in [-0.25, -0.2) is 9.78 Å². The number of pyridine rings is 1. The average Bonchev–Trinajstić information content (AvgIpc) is 2.24. The van der Waals surface area contributed by atoms with E-state index in [1.54, 1.807) is 25.4 Å². The van der Waals surface area contributed by atoms with Crippen molar-refractivity contribution in [3.63, 3.8) is 0 Å². The molecule has 0 atom stereocenters. The van der Waals surface area contributed by atoms with E-state index in [1.807, 2.05) is 20.8 Å². The summed E-state index contributed by atoms with van der Waals surface area (Å²) in [6.07, 6.45) is 1.57. The van der Waals surface area contributed by atoms with Crippen LogP contribution in [0.1, 0.15) is 20.8 Å². The normalized spacial score (nSPS) is 12.0. The van der Waals surface area contributed by atoms with Crippen LogP contribution in [0.25, 0.3) is 11.0 Å². The Kier molecular flexibility index (Phi) is 2.41. The molecule has 0 N–H and O–H groups in total. The molecule has 0 saturated heterocycles. The maximum atomic E-state index is 12.3. The predicted octanol–water partition coefficient (Wildman–Crippen LogP) is 0.850. The van der Waals surface area contributed by atoms with Crippen molar-refractivity contribution in [3.05, 3.63) is 39.2 Å². The van der Waals surface area contributed by atoms with Gasteiger partial charge in [0.1, 0.15) is 5.65 Å². The van der Waals surface area contributed by atoms with Gasteiger partial charge in [-0.2, -0.15) is 0 Å². The van der Waals surface area contributed by atoms with Gasteiger partial charge in [0.2, 0.25) is 0 Å². The first kappa shape index (κ1) is 11.6. The Hall–Kier alpha value is -1.91. The van der Waals surface area contributed by atoms with Crippen LogP contribution in [-0.2, 0) is 12.6 Å². The van der Waals surface area contributed by atoms with Crippen LogP contribution in [0, 0.1) is 0 Å². The topological polar surface area (TPSA) is 56.9 Å². The third-order valence-corrected chi connectivity index (χ3v) is 2.69. The van der Waals surface area contributed by atoms with Gasteiger partial charge in [0.25, 0.3) is 5.56 Å². The van der Waals surface area contributed by atoms with Gasteiger partial charge in [-0.3, -0.25) is 13.9 Å². The molecule has 0 unspecified atom stereocenters. The zero-order chi connectivity index (χ0) is 12.8. The summed E-state index contributed by atoms with van der Waals surface area (Å²) in [6, 6.07) is 3.38. The van der Waals surface area contributed by atoms with Crippen LogP contribution >= 0.6 is 0 Å². The van der Waals surface area contributed by atoms with Crippen LogP contribution < -0.4 is 11.2 Å². The molecule has 2 rings (SSSR count). The molecule has 2 heterocycles. The van der Waals surface area contributed by atoms with E-state index in [0.29, 0.717) is 11.0 Å². The van der Waals surface area contributed by atoms with Gasteiger partial charge in [-0.05, 0) is 32.9 Å². The zero-order valence-electron chi connectivity index (χ0n) is 10.4. The van der Waals surface area contributed by atoms with Crippen molar-refractivity contribution in [2.75, 3.05) is 0 Å². The molecule has 0 saturated carbocycles. The van der Waals surface area contributed by atoms with E-state index in [0.717, 1.165) is 0 Å². The molecular formula is C12H15N3O2. The lowest BCUT2D eigenvalue weighted by Crippen LogP contribution is -2.47. The summed E-state index contributed by atoms with van der Waals surface area (Å²) in [6.45, 7) is 5.49. The lowest BCUT2D eigenvalue weighted by Gasteiger charge is -2.22. The fourth-order valence-corrected chi connectivity index (χ4v) is 1.87.